The van der Waals surface area contributed by atoms with Gasteiger partial charge in [0.15, 0.2) is 0 Å². The molecule has 0 fully saturated rings. The van der Waals surface area contributed by atoms with Crippen LogP contribution in [0, 0.1) is 0 Å². The van der Waals surface area contributed by atoms with E-state index in [4.69, 9.17) is 16.3 Å². The summed E-state index contributed by atoms with van der Waals surface area (Å²) in [7, 11) is 1.66. The van der Waals surface area contributed by atoms with Gasteiger partial charge in [-0.3, -0.25) is 4.79 Å². The highest BCUT2D eigenvalue weighted by molar-refractivity contribution is 6.30. The SMILES string of the molecule is COCCCNCC(=O)Nc1cccc(Cl)c1. The number of carbonyl (C=O) groups excluding carboxylic acids is 1. The van der Waals surface area contributed by atoms with Crippen LogP contribution < -0.4 is 10.6 Å². The van der Waals surface area contributed by atoms with Crippen LogP contribution in [0.1, 0.15) is 6.42 Å². The van der Waals surface area contributed by atoms with Gasteiger partial charge < -0.3 is 15.4 Å². The minimum absolute atomic E-state index is 0.0790. The standard InChI is InChI=1S/C12H17ClN2O2/c1-17-7-3-6-14-9-12(16)15-11-5-2-4-10(13)8-11/h2,4-5,8,14H,3,6-7,9H2,1H3,(H,15,16). The van der Waals surface area contributed by atoms with Gasteiger partial charge >= 0.3 is 0 Å². The summed E-state index contributed by atoms with van der Waals surface area (Å²) in [6.07, 6.45) is 0.890. The van der Waals surface area contributed by atoms with Crippen molar-refractivity contribution in [2.45, 2.75) is 6.42 Å². The summed E-state index contributed by atoms with van der Waals surface area (Å²) in [6, 6.07) is 7.07. The maximum atomic E-state index is 11.5. The number of methoxy groups -OCH3 is 1. The average molecular weight is 257 g/mol. The second kappa shape index (κ2) is 8.06. The highest BCUT2D eigenvalue weighted by Crippen LogP contribution is 2.14. The molecule has 0 atom stereocenters. The molecule has 17 heavy (non-hydrogen) atoms. The van der Waals surface area contributed by atoms with E-state index in [1.165, 1.54) is 0 Å². The van der Waals surface area contributed by atoms with Crippen LogP contribution in [0.25, 0.3) is 0 Å². The third kappa shape index (κ3) is 6.26. The molecule has 94 valence electrons. The largest absolute Gasteiger partial charge is 0.385 e. The van der Waals surface area contributed by atoms with Crippen molar-refractivity contribution in [2.24, 2.45) is 0 Å². The van der Waals surface area contributed by atoms with E-state index in [2.05, 4.69) is 10.6 Å². The molecule has 0 heterocycles. The number of hydrogen-bond acceptors (Lipinski definition) is 3. The van der Waals surface area contributed by atoms with Gasteiger partial charge in [-0.1, -0.05) is 17.7 Å². The van der Waals surface area contributed by atoms with E-state index < -0.39 is 0 Å². The van der Waals surface area contributed by atoms with Crippen molar-refractivity contribution in [3.05, 3.63) is 29.3 Å². The minimum Gasteiger partial charge on any atom is -0.385 e. The van der Waals surface area contributed by atoms with Crippen LogP contribution in [0.4, 0.5) is 5.69 Å². The number of hydrogen-bond donors (Lipinski definition) is 2. The predicted molar refractivity (Wildman–Crippen MR) is 69.4 cm³/mol. The average Bonchev–Trinajstić information content (AvgIpc) is 2.29. The molecule has 1 aromatic carbocycles. The van der Waals surface area contributed by atoms with Crippen molar-refractivity contribution >= 4 is 23.2 Å². The Kier molecular flexibility index (Phi) is 6.62. The number of rotatable bonds is 7. The minimum atomic E-state index is -0.0790. The number of carbonyl (C=O) groups is 1. The van der Waals surface area contributed by atoms with Crippen LogP contribution in [0.5, 0.6) is 0 Å². The smallest absolute Gasteiger partial charge is 0.238 e. The predicted octanol–water partition coefficient (Wildman–Crippen LogP) is 1.90. The van der Waals surface area contributed by atoms with Gasteiger partial charge in [-0.25, -0.2) is 0 Å². The molecule has 0 aliphatic heterocycles. The Balaban J connectivity index is 2.21. The van der Waals surface area contributed by atoms with Crippen LogP contribution in [-0.4, -0.2) is 32.7 Å². The van der Waals surface area contributed by atoms with Crippen LogP contribution in [-0.2, 0) is 9.53 Å². The van der Waals surface area contributed by atoms with E-state index in [1.54, 1.807) is 31.4 Å². The maximum absolute atomic E-state index is 11.5. The zero-order chi connectivity index (χ0) is 12.5. The molecule has 0 saturated carbocycles. The van der Waals surface area contributed by atoms with Gasteiger partial charge in [0.1, 0.15) is 0 Å². The van der Waals surface area contributed by atoms with E-state index in [0.717, 1.165) is 13.0 Å². The summed E-state index contributed by atoms with van der Waals surface area (Å²) in [5.74, 6) is -0.0790. The molecule has 4 nitrogen and oxygen atoms in total. The first-order valence-corrected chi connectivity index (χ1v) is 5.85. The molecule has 0 bridgehead atoms. The molecule has 0 aliphatic carbocycles. The first kappa shape index (κ1) is 14.0. The van der Waals surface area contributed by atoms with Crippen molar-refractivity contribution in [3.8, 4) is 0 Å². The van der Waals surface area contributed by atoms with Crippen LogP contribution in [0.15, 0.2) is 24.3 Å². The molecule has 1 aromatic rings. The van der Waals surface area contributed by atoms with Crippen molar-refractivity contribution < 1.29 is 9.53 Å². The monoisotopic (exact) mass is 256 g/mol. The van der Waals surface area contributed by atoms with Crippen molar-refractivity contribution in [1.82, 2.24) is 5.32 Å². The fourth-order valence-electron chi connectivity index (χ4n) is 1.31. The van der Waals surface area contributed by atoms with Gasteiger partial charge in [0, 0.05) is 24.4 Å². The lowest BCUT2D eigenvalue weighted by molar-refractivity contribution is -0.115. The molecule has 1 rings (SSSR count). The number of halogens is 1. The lowest BCUT2D eigenvalue weighted by atomic mass is 10.3. The van der Waals surface area contributed by atoms with Gasteiger partial charge in [-0.05, 0) is 31.2 Å². The molecule has 0 spiro atoms. The normalized spacial score (nSPS) is 10.2. The van der Waals surface area contributed by atoms with Gasteiger partial charge in [-0.2, -0.15) is 0 Å². The van der Waals surface area contributed by atoms with E-state index in [0.29, 0.717) is 17.3 Å². The molecule has 2 N–H and O–H groups in total. The van der Waals surface area contributed by atoms with Gasteiger partial charge in [0.2, 0.25) is 5.91 Å². The highest BCUT2D eigenvalue weighted by Gasteiger charge is 2.01. The second-order valence-electron chi connectivity index (χ2n) is 3.58. The Morgan fingerprint density at radius 3 is 3.00 bits per heavy atom. The lowest BCUT2D eigenvalue weighted by Gasteiger charge is -2.06. The van der Waals surface area contributed by atoms with Gasteiger partial charge in [-0.15, -0.1) is 0 Å². The fraction of sp³-hybridized carbons (Fsp3) is 0.417. The molecule has 0 aromatic heterocycles. The Hall–Kier alpha value is -1.10. The van der Waals surface area contributed by atoms with Crippen molar-refractivity contribution in [1.29, 1.82) is 0 Å². The number of anilines is 1. The second-order valence-corrected chi connectivity index (χ2v) is 4.02. The summed E-state index contributed by atoms with van der Waals surface area (Å²) < 4.78 is 4.90. The molecule has 0 radical (unpaired) electrons. The molecule has 5 heteroatoms. The molecule has 0 unspecified atom stereocenters. The molecule has 0 aliphatic rings. The summed E-state index contributed by atoms with van der Waals surface area (Å²) in [5.41, 5.74) is 0.709. The highest BCUT2D eigenvalue weighted by atomic mass is 35.5. The Morgan fingerprint density at radius 1 is 1.47 bits per heavy atom. The van der Waals surface area contributed by atoms with E-state index in [9.17, 15) is 4.79 Å². The van der Waals surface area contributed by atoms with Crippen LogP contribution in [0.2, 0.25) is 5.02 Å². The van der Waals surface area contributed by atoms with Gasteiger partial charge in [0.25, 0.3) is 0 Å². The third-order valence-corrected chi connectivity index (χ3v) is 2.33. The van der Waals surface area contributed by atoms with Crippen molar-refractivity contribution in [2.75, 3.05) is 32.1 Å². The third-order valence-electron chi connectivity index (χ3n) is 2.10. The summed E-state index contributed by atoms with van der Waals surface area (Å²) in [4.78, 5) is 11.5. The molecule has 1 amide bonds. The van der Waals surface area contributed by atoms with Crippen LogP contribution in [0.3, 0.4) is 0 Å². The van der Waals surface area contributed by atoms with E-state index >= 15 is 0 Å². The fourth-order valence-corrected chi connectivity index (χ4v) is 1.51. The van der Waals surface area contributed by atoms with Crippen molar-refractivity contribution in [3.63, 3.8) is 0 Å². The number of benzene rings is 1. The number of ether oxygens (including phenoxy) is 1. The quantitative estimate of drug-likeness (QED) is 0.733. The lowest BCUT2D eigenvalue weighted by Crippen LogP contribution is -2.29. The number of nitrogens with one attached hydrogen (secondary N) is 2. The number of amides is 1. The first-order valence-electron chi connectivity index (χ1n) is 5.47. The maximum Gasteiger partial charge on any atom is 0.238 e. The topological polar surface area (TPSA) is 50.4 Å². The molecular weight excluding hydrogens is 240 g/mol. The first-order chi connectivity index (χ1) is 8.22. The Morgan fingerprint density at radius 2 is 2.29 bits per heavy atom. The Bertz CT molecular complexity index is 358. The molecular formula is C12H17ClN2O2. The van der Waals surface area contributed by atoms with Crippen LogP contribution >= 0.6 is 11.6 Å². The molecule has 0 saturated heterocycles. The zero-order valence-electron chi connectivity index (χ0n) is 9.83. The zero-order valence-corrected chi connectivity index (χ0v) is 10.6. The summed E-state index contributed by atoms with van der Waals surface area (Å²) >= 11 is 5.81. The summed E-state index contributed by atoms with van der Waals surface area (Å²) in [6.45, 7) is 1.75. The van der Waals surface area contributed by atoms with E-state index in [1.807, 2.05) is 0 Å². The Labute approximate surface area is 106 Å². The van der Waals surface area contributed by atoms with Gasteiger partial charge in [0.05, 0.1) is 6.54 Å². The summed E-state index contributed by atoms with van der Waals surface area (Å²) in [5, 5.41) is 6.39. The van der Waals surface area contributed by atoms with E-state index in [-0.39, 0.29) is 12.5 Å².